The van der Waals surface area contributed by atoms with Crippen molar-refractivity contribution in [3.8, 4) is 0 Å². The van der Waals surface area contributed by atoms with Gasteiger partial charge in [-0.05, 0) is 47.8 Å². The maximum absolute atomic E-state index is 13.9. The average Bonchev–Trinajstić information content (AvgIpc) is 3.19. The van der Waals surface area contributed by atoms with E-state index in [0.29, 0.717) is 10.4 Å². The molecule has 0 fully saturated rings. The van der Waals surface area contributed by atoms with E-state index >= 15 is 0 Å². The summed E-state index contributed by atoms with van der Waals surface area (Å²) in [6, 6.07) is 10.7. The van der Waals surface area contributed by atoms with E-state index in [-0.39, 0.29) is 5.78 Å². The Morgan fingerprint density at radius 3 is 2.79 bits per heavy atom. The van der Waals surface area contributed by atoms with Gasteiger partial charge < -0.3 is 0 Å². The number of quaternary nitrogens is 1. The molecule has 146 valence electrons. The second-order valence-electron chi connectivity index (χ2n) is 8.32. The van der Waals surface area contributed by atoms with Crippen LogP contribution in [0.2, 0.25) is 0 Å². The molecular weight excluding hydrogens is 362 g/mol. The topological polar surface area (TPSA) is 17.1 Å². The van der Waals surface area contributed by atoms with Gasteiger partial charge in [0.25, 0.3) is 0 Å². The summed E-state index contributed by atoms with van der Waals surface area (Å²) in [5.74, 6) is 0.844. The van der Waals surface area contributed by atoms with E-state index in [1.54, 1.807) is 11.3 Å². The van der Waals surface area contributed by atoms with Crippen molar-refractivity contribution >= 4 is 33.8 Å². The second-order valence-corrected chi connectivity index (χ2v) is 9.22. The molecule has 0 radical (unpaired) electrons. The Labute approximate surface area is 172 Å². The third-order valence-corrected chi connectivity index (χ3v) is 7.40. The quantitative estimate of drug-likeness (QED) is 0.515. The highest BCUT2D eigenvalue weighted by molar-refractivity contribution is 7.14. The first-order valence-electron chi connectivity index (χ1n) is 10.6. The lowest BCUT2D eigenvalue weighted by molar-refractivity contribution is -0.111. The first-order valence-corrected chi connectivity index (χ1v) is 11.5. The molecule has 0 amide bonds. The summed E-state index contributed by atoms with van der Waals surface area (Å²) in [4.78, 5) is 13.9. The summed E-state index contributed by atoms with van der Waals surface area (Å²) in [5.41, 5.74) is 5.53. The molecule has 3 heteroatoms. The van der Waals surface area contributed by atoms with Gasteiger partial charge in [0.05, 0.1) is 19.2 Å². The predicted molar refractivity (Wildman–Crippen MR) is 121 cm³/mol. The number of hydrogen-bond acceptors (Lipinski definition) is 2. The fourth-order valence-corrected chi connectivity index (χ4v) is 5.94. The molecule has 0 N–H and O–H groups in total. The van der Waals surface area contributed by atoms with Gasteiger partial charge in [-0.25, -0.2) is 4.48 Å². The van der Waals surface area contributed by atoms with E-state index in [2.05, 4.69) is 68.8 Å². The molecular formula is C25H30NOS+. The van der Waals surface area contributed by atoms with Crippen LogP contribution in [0.3, 0.4) is 0 Å². The molecule has 2 atom stereocenters. The van der Waals surface area contributed by atoms with Crippen molar-refractivity contribution in [2.24, 2.45) is 5.92 Å². The Bertz CT molecular complexity index is 951. The standard InChI is InChI=1S/C25H30NOS/c1-4-8-18-11-12-22(21-10-7-6-9-19(21)16-18)24(27)23-17-20-13-15-28-25(20)26(23,3)14-5-2/h6-7,9-10,12-13,15,17-18H,4-5,8,11,14,16H2,1-3H3/q+1. The van der Waals surface area contributed by atoms with Gasteiger partial charge in [0.15, 0.2) is 5.70 Å². The summed E-state index contributed by atoms with van der Waals surface area (Å²) in [6.07, 6.45) is 9.91. The smallest absolute Gasteiger partial charge is 0.246 e. The third kappa shape index (κ3) is 3.21. The molecule has 2 nitrogen and oxygen atoms in total. The molecule has 1 aromatic carbocycles. The summed E-state index contributed by atoms with van der Waals surface area (Å²) in [5, 5.41) is 3.45. The number of ketones is 1. The molecule has 0 saturated heterocycles. The molecule has 2 aliphatic rings. The third-order valence-electron chi connectivity index (χ3n) is 6.26. The summed E-state index contributed by atoms with van der Waals surface area (Å²) in [6.45, 7) is 5.41. The SMILES string of the molecule is CCCC1CC=C(C(=O)C2=Cc3ccsc3[N+]2(C)CCC)c2ccccc2C1. The number of carbonyl (C=O) groups is 1. The normalized spacial score (nSPS) is 23.5. The van der Waals surface area contributed by atoms with Gasteiger partial charge in [0.1, 0.15) is 0 Å². The van der Waals surface area contributed by atoms with Crippen LogP contribution in [0.25, 0.3) is 11.6 Å². The largest absolute Gasteiger partial charge is 0.283 e. The summed E-state index contributed by atoms with van der Waals surface area (Å²) >= 11 is 1.77. The van der Waals surface area contributed by atoms with E-state index in [4.69, 9.17) is 0 Å². The van der Waals surface area contributed by atoms with Crippen molar-refractivity contribution < 1.29 is 4.79 Å². The highest BCUT2D eigenvalue weighted by atomic mass is 32.1. The number of allylic oxidation sites excluding steroid dienone is 2. The van der Waals surface area contributed by atoms with E-state index in [0.717, 1.165) is 42.6 Å². The molecule has 1 aliphatic heterocycles. The number of thiophene rings is 1. The summed E-state index contributed by atoms with van der Waals surface area (Å²) < 4.78 is 0.639. The fraction of sp³-hybridized carbons (Fsp3) is 0.400. The zero-order chi connectivity index (χ0) is 19.7. The predicted octanol–water partition coefficient (Wildman–Crippen LogP) is 6.46. The zero-order valence-corrected chi connectivity index (χ0v) is 18.0. The summed E-state index contributed by atoms with van der Waals surface area (Å²) in [7, 11) is 2.21. The van der Waals surface area contributed by atoms with Crippen LogP contribution in [0.15, 0.2) is 47.5 Å². The number of fused-ring (bicyclic) bond motifs is 2. The Kier molecular flexibility index (Phi) is 5.39. The molecule has 28 heavy (non-hydrogen) atoms. The van der Waals surface area contributed by atoms with Crippen molar-refractivity contribution in [3.05, 3.63) is 64.2 Å². The van der Waals surface area contributed by atoms with Crippen LogP contribution in [-0.2, 0) is 11.2 Å². The number of benzene rings is 1. The number of hydrogen-bond donors (Lipinski definition) is 0. The lowest BCUT2D eigenvalue weighted by Gasteiger charge is -2.30. The molecule has 0 spiro atoms. The van der Waals surface area contributed by atoms with E-state index in [1.165, 1.54) is 29.0 Å². The van der Waals surface area contributed by atoms with Crippen LogP contribution in [0.1, 0.15) is 56.2 Å². The molecule has 0 saturated carbocycles. The van der Waals surface area contributed by atoms with E-state index in [1.807, 2.05) is 0 Å². The molecule has 2 aromatic rings. The molecule has 4 rings (SSSR count). The Balaban J connectivity index is 1.76. The Morgan fingerprint density at radius 2 is 2.00 bits per heavy atom. The lowest BCUT2D eigenvalue weighted by atomic mass is 9.91. The van der Waals surface area contributed by atoms with Crippen LogP contribution in [-0.4, -0.2) is 19.4 Å². The minimum atomic E-state index is 0.212. The molecule has 1 aromatic heterocycles. The molecule has 0 bridgehead atoms. The van der Waals surface area contributed by atoms with Crippen LogP contribution in [0.5, 0.6) is 0 Å². The van der Waals surface area contributed by atoms with Crippen molar-refractivity contribution in [1.29, 1.82) is 0 Å². The zero-order valence-electron chi connectivity index (χ0n) is 17.2. The van der Waals surface area contributed by atoms with Gasteiger partial charge in [-0.15, -0.1) is 0 Å². The lowest BCUT2D eigenvalue weighted by Crippen LogP contribution is -2.45. The number of Topliss-reactive ketones (excluding diaryl/α,β-unsaturated/α-hetero) is 1. The molecule has 1 aliphatic carbocycles. The van der Waals surface area contributed by atoms with Gasteiger partial charge in [0, 0.05) is 11.6 Å². The molecule has 2 unspecified atom stereocenters. The number of carbonyl (C=O) groups excluding carboxylic acids is 1. The van der Waals surface area contributed by atoms with Crippen molar-refractivity contribution in [2.45, 2.75) is 46.0 Å². The minimum absolute atomic E-state index is 0.212. The van der Waals surface area contributed by atoms with Crippen LogP contribution >= 0.6 is 11.3 Å². The Morgan fingerprint density at radius 1 is 1.18 bits per heavy atom. The van der Waals surface area contributed by atoms with Crippen molar-refractivity contribution in [3.63, 3.8) is 0 Å². The monoisotopic (exact) mass is 392 g/mol. The van der Waals surface area contributed by atoms with Gasteiger partial charge in [-0.3, -0.25) is 4.79 Å². The first-order chi connectivity index (χ1) is 13.6. The van der Waals surface area contributed by atoms with E-state index < -0.39 is 0 Å². The number of likely N-dealkylation sites (N-methyl/N-ethyl adjacent to an activating group) is 1. The first kappa shape index (κ1) is 19.4. The minimum Gasteiger partial charge on any atom is -0.283 e. The number of nitrogens with zero attached hydrogens (tertiary/aromatic N) is 1. The maximum Gasteiger partial charge on any atom is 0.246 e. The van der Waals surface area contributed by atoms with Crippen molar-refractivity contribution in [2.75, 3.05) is 13.6 Å². The molecule has 2 heterocycles. The second kappa shape index (κ2) is 7.81. The van der Waals surface area contributed by atoms with Crippen LogP contribution in [0.4, 0.5) is 5.00 Å². The van der Waals surface area contributed by atoms with Crippen LogP contribution < -0.4 is 4.48 Å². The van der Waals surface area contributed by atoms with Gasteiger partial charge in [-0.2, -0.15) is 0 Å². The van der Waals surface area contributed by atoms with Gasteiger partial charge >= 0.3 is 0 Å². The van der Waals surface area contributed by atoms with Gasteiger partial charge in [0.2, 0.25) is 10.8 Å². The Hall–Kier alpha value is -1.97. The van der Waals surface area contributed by atoms with Crippen LogP contribution in [0, 0.1) is 5.92 Å². The van der Waals surface area contributed by atoms with Crippen molar-refractivity contribution in [1.82, 2.24) is 4.48 Å². The fourth-order valence-electron chi connectivity index (χ4n) is 4.91. The number of rotatable bonds is 6. The highest BCUT2D eigenvalue weighted by Crippen LogP contribution is 2.45. The van der Waals surface area contributed by atoms with Gasteiger partial charge in [-0.1, -0.05) is 68.4 Å². The highest BCUT2D eigenvalue weighted by Gasteiger charge is 2.43. The average molecular weight is 393 g/mol. The van der Waals surface area contributed by atoms with E-state index in [9.17, 15) is 4.79 Å². The maximum atomic E-state index is 13.9.